The topological polar surface area (TPSA) is 86.7 Å². The Balaban J connectivity index is 1.84. The summed E-state index contributed by atoms with van der Waals surface area (Å²) >= 11 is 0. The van der Waals surface area contributed by atoms with Gasteiger partial charge in [-0.25, -0.2) is 13.9 Å². The van der Waals surface area contributed by atoms with Gasteiger partial charge in [-0.1, -0.05) is 32.0 Å². The van der Waals surface area contributed by atoms with Crippen LogP contribution in [-0.2, 0) is 23.0 Å². The van der Waals surface area contributed by atoms with Gasteiger partial charge in [-0.05, 0) is 53.3 Å². The molecule has 0 spiro atoms. The third-order valence-corrected chi connectivity index (χ3v) is 6.59. The maximum Gasteiger partial charge on any atom is 0.274 e. The number of sulfonamides is 1. The van der Waals surface area contributed by atoms with Crippen LogP contribution in [0.3, 0.4) is 0 Å². The lowest BCUT2D eigenvalue weighted by Gasteiger charge is -2.28. The third kappa shape index (κ3) is 3.51. The van der Waals surface area contributed by atoms with Crippen molar-refractivity contribution >= 4 is 15.9 Å². The van der Waals surface area contributed by atoms with E-state index in [1.807, 2.05) is 12.1 Å². The van der Waals surface area contributed by atoms with E-state index in [1.165, 1.54) is 4.31 Å². The number of benzene rings is 2. The molecule has 2 N–H and O–H groups in total. The molecule has 7 heteroatoms. The van der Waals surface area contributed by atoms with E-state index in [0.29, 0.717) is 29.3 Å². The second-order valence-corrected chi connectivity index (χ2v) is 8.67. The van der Waals surface area contributed by atoms with Crippen LogP contribution in [0.1, 0.15) is 46.8 Å². The summed E-state index contributed by atoms with van der Waals surface area (Å²) in [5.74, 6) is -0.230. The second-order valence-electron chi connectivity index (χ2n) is 6.74. The molecule has 0 saturated carbocycles. The Kier molecular flexibility index (Phi) is 5.13. The first-order chi connectivity index (χ1) is 12.3. The number of fused-ring (bicyclic) bond motifs is 1. The van der Waals surface area contributed by atoms with Crippen molar-refractivity contribution in [3.05, 3.63) is 64.7 Å². The van der Waals surface area contributed by atoms with Gasteiger partial charge < -0.3 is 0 Å². The van der Waals surface area contributed by atoms with Crippen LogP contribution in [0.15, 0.2) is 47.4 Å². The van der Waals surface area contributed by atoms with E-state index in [4.69, 9.17) is 5.21 Å². The fourth-order valence-corrected chi connectivity index (χ4v) is 4.53. The van der Waals surface area contributed by atoms with E-state index in [-0.39, 0.29) is 6.54 Å². The molecule has 138 valence electrons. The standard InChI is InChI=1S/C19H22N2O4S/c1-13(2)14-5-7-18(8-6-14)26(24,25)21-10-9-15-11-16(19(22)20-23)3-4-17(15)12-21/h3-8,11,13,23H,9-10,12H2,1-2H3,(H,20,22). The summed E-state index contributed by atoms with van der Waals surface area (Å²) in [6, 6.07) is 12.1. The van der Waals surface area contributed by atoms with E-state index in [0.717, 1.165) is 16.7 Å². The van der Waals surface area contributed by atoms with Crippen molar-refractivity contribution in [1.82, 2.24) is 9.79 Å². The zero-order valence-corrected chi connectivity index (χ0v) is 15.6. The van der Waals surface area contributed by atoms with Gasteiger partial charge in [0.2, 0.25) is 10.0 Å². The molecule has 26 heavy (non-hydrogen) atoms. The van der Waals surface area contributed by atoms with Crippen molar-refractivity contribution in [3.63, 3.8) is 0 Å². The van der Waals surface area contributed by atoms with Gasteiger partial charge in [0.05, 0.1) is 4.90 Å². The number of carbonyl (C=O) groups excluding carboxylic acids is 1. The molecule has 0 saturated heterocycles. The van der Waals surface area contributed by atoms with Gasteiger partial charge in [0.25, 0.3) is 5.91 Å². The first-order valence-electron chi connectivity index (χ1n) is 8.49. The molecule has 0 aliphatic carbocycles. The predicted molar refractivity (Wildman–Crippen MR) is 97.5 cm³/mol. The van der Waals surface area contributed by atoms with Gasteiger partial charge in [-0.15, -0.1) is 0 Å². The normalized spacial score (nSPS) is 14.9. The number of hydrogen-bond donors (Lipinski definition) is 2. The van der Waals surface area contributed by atoms with E-state index < -0.39 is 15.9 Å². The first kappa shape index (κ1) is 18.6. The van der Waals surface area contributed by atoms with Gasteiger partial charge in [0.1, 0.15) is 0 Å². The van der Waals surface area contributed by atoms with Crippen LogP contribution < -0.4 is 5.48 Å². The lowest BCUT2D eigenvalue weighted by atomic mass is 9.98. The number of carbonyl (C=O) groups is 1. The van der Waals surface area contributed by atoms with Crippen LogP contribution in [0.5, 0.6) is 0 Å². The first-order valence-corrected chi connectivity index (χ1v) is 9.93. The van der Waals surface area contributed by atoms with Crippen molar-refractivity contribution < 1.29 is 18.4 Å². The van der Waals surface area contributed by atoms with Gasteiger partial charge in [-0.3, -0.25) is 10.0 Å². The molecule has 0 fully saturated rings. The maximum atomic E-state index is 12.9. The van der Waals surface area contributed by atoms with E-state index in [9.17, 15) is 13.2 Å². The molecule has 0 radical (unpaired) electrons. The lowest BCUT2D eigenvalue weighted by Crippen LogP contribution is -2.36. The summed E-state index contributed by atoms with van der Waals surface area (Å²) in [6.45, 7) is 4.75. The van der Waals surface area contributed by atoms with Crippen LogP contribution in [0.4, 0.5) is 0 Å². The van der Waals surface area contributed by atoms with Crippen LogP contribution >= 0.6 is 0 Å². The van der Waals surface area contributed by atoms with Crippen LogP contribution in [0.25, 0.3) is 0 Å². The Bertz CT molecular complexity index is 921. The molecule has 1 amide bonds. The number of nitrogens with one attached hydrogen (secondary N) is 1. The zero-order valence-electron chi connectivity index (χ0n) is 14.8. The molecule has 2 aromatic carbocycles. The second kappa shape index (κ2) is 7.19. The quantitative estimate of drug-likeness (QED) is 0.636. The molecule has 1 aliphatic heterocycles. The maximum absolute atomic E-state index is 12.9. The number of amides is 1. The minimum atomic E-state index is -3.56. The molecular formula is C19H22N2O4S. The van der Waals surface area contributed by atoms with Gasteiger partial charge in [0.15, 0.2) is 0 Å². The summed E-state index contributed by atoms with van der Waals surface area (Å²) in [5, 5.41) is 8.73. The van der Waals surface area contributed by atoms with Crippen molar-refractivity contribution in [2.24, 2.45) is 0 Å². The molecule has 1 aliphatic rings. The fraction of sp³-hybridized carbons (Fsp3) is 0.316. The average Bonchev–Trinajstić information content (AvgIpc) is 2.66. The Morgan fingerprint density at radius 1 is 1.12 bits per heavy atom. The van der Waals surface area contributed by atoms with Crippen LogP contribution in [0, 0.1) is 0 Å². The highest BCUT2D eigenvalue weighted by Gasteiger charge is 2.28. The Morgan fingerprint density at radius 2 is 1.81 bits per heavy atom. The van der Waals surface area contributed by atoms with Gasteiger partial charge in [-0.2, -0.15) is 4.31 Å². The van der Waals surface area contributed by atoms with Crippen molar-refractivity contribution in [2.45, 2.75) is 37.6 Å². The molecule has 0 bridgehead atoms. The highest BCUT2D eigenvalue weighted by atomic mass is 32.2. The van der Waals surface area contributed by atoms with Crippen LogP contribution in [-0.4, -0.2) is 30.4 Å². The number of hydrogen-bond acceptors (Lipinski definition) is 4. The van der Waals surface area contributed by atoms with E-state index in [2.05, 4.69) is 13.8 Å². The average molecular weight is 374 g/mol. The summed E-state index contributed by atoms with van der Waals surface area (Å²) in [5.41, 5.74) is 4.86. The minimum Gasteiger partial charge on any atom is -0.288 e. The van der Waals surface area contributed by atoms with Crippen molar-refractivity contribution in [2.75, 3.05) is 6.54 Å². The summed E-state index contributed by atoms with van der Waals surface area (Å²) in [7, 11) is -3.56. The number of hydroxylamine groups is 1. The highest BCUT2D eigenvalue weighted by molar-refractivity contribution is 7.89. The molecular weight excluding hydrogens is 352 g/mol. The SMILES string of the molecule is CC(C)c1ccc(S(=O)(=O)N2CCc3cc(C(=O)NO)ccc3C2)cc1. The van der Waals surface area contributed by atoms with Crippen molar-refractivity contribution in [1.29, 1.82) is 0 Å². The Labute approximate surface area is 153 Å². The number of nitrogens with zero attached hydrogens (tertiary/aromatic N) is 1. The highest BCUT2D eigenvalue weighted by Crippen LogP contribution is 2.26. The molecule has 1 heterocycles. The summed E-state index contributed by atoms with van der Waals surface area (Å²) in [4.78, 5) is 11.8. The van der Waals surface area contributed by atoms with E-state index >= 15 is 0 Å². The Hall–Kier alpha value is -2.22. The molecule has 3 rings (SSSR count). The predicted octanol–water partition coefficient (Wildman–Crippen LogP) is 2.68. The smallest absolute Gasteiger partial charge is 0.274 e. The molecule has 2 aromatic rings. The van der Waals surface area contributed by atoms with Crippen molar-refractivity contribution in [3.8, 4) is 0 Å². The number of rotatable bonds is 4. The Morgan fingerprint density at radius 3 is 2.42 bits per heavy atom. The van der Waals surface area contributed by atoms with Gasteiger partial charge in [0, 0.05) is 18.7 Å². The minimum absolute atomic E-state index is 0.268. The summed E-state index contributed by atoms with van der Waals surface area (Å²) in [6.07, 6.45) is 0.519. The molecule has 0 unspecified atom stereocenters. The molecule has 0 atom stereocenters. The third-order valence-electron chi connectivity index (χ3n) is 4.73. The monoisotopic (exact) mass is 374 g/mol. The van der Waals surface area contributed by atoms with E-state index in [1.54, 1.807) is 35.8 Å². The largest absolute Gasteiger partial charge is 0.288 e. The fourth-order valence-electron chi connectivity index (χ4n) is 3.11. The molecule has 6 nitrogen and oxygen atoms in total. The van der Waals surface area contributed by atoms with Gasteiger partial charge >= 0.3 is 0 Å². The molecule has 0 aromatic heterocycles. The zero-order chi connectivity index (χ0) is 18.9. The lowest BCUT2D eigenvalue weighted by molar-refractivity contribution is 0.0706. The van der Waals surface area contributed by atoms with Crippen LogP contribution in [0.2, 0.25) is 0 Å². The summed E-state index contributed by atoms with van der Waals surface area (Å²) < 4.78 is 27.3.